The highest BCUT2D eigenvalue weighted by Crippen LogP contribution is 2.41. The molecule has 0 radical (unpaired) electrons. The summed E-state index contributed by atoms with van der Waals surface area (Å²) in [5.41, 5.74) is 1.92. The molecule has 24 heavy (non-hydrogen) atoms. The van der Waals surface area contributed by atoms with Crippen molar-refractivity contribution in [3.63, 3.8) is 0 Å². The van der Waals surface area contributed by atoms with Gasteiger partial charge < -0.3 is 14.5 Å². The predicted molar refractivity (Wildman–Crippen MR) is 89.5 cm³/mol. The first-order valence-electron chi connectivity index (χ1n) is 8.40. The van der Waals surface area contributed by atoms with Crippen molar-refractivity contribution in [3.05, 3.63) is 60.1 Å². The lowest BCUT2D eigenvalue weighted by atomic mass is 9.81. The fraction of sp³-hybridized carbons (Fsp3) is 0.421. The molecule has 4 rings (SSSR count). The molecule has 0 spiro atoms. The number of benzene rings is 1. The van der Waals surface area contributed by atoms with Gasteiger partial charge in [-0.2, -0.15) is 0 Å². The van der Waals surface area contributed by atoms with Gasteiger partial charge in [-0.25, -0.2) is 0 Å². The minimum atomic E-state index is -0.0103. The molecule has 0 saturated carbocycles. The van der Waals surface area contributed by atoms with Gasteiger partial charge in [-0.15, -0.1) is 0 Å². The molecule has 5 heteroatoms. The van der Waals surface area contributed by atoms with Crippen LogP contribution in [0, 0.1) is 11.3 Å². The number of hydrogen-bond donors (Lipinski definition) is 1. The van der Waals surface area contributed by atoms with Crippen LogP contribution < -0.4 is 5.32 Å². The van der Waals surface area contributed by atoms with Gasteiger partial charge in [0.2, 0.25) is 0 Å². The van der Waals surface area contributed by atoms with Gasteiger partial charge >= 0.3 is 0 Å². The summed E-state index contributed by atoms with van der Waals surface area (Å²) in [7, 11) is 0. The maximum Gasteiger partial charge on any atom is 0.251 e. The Balaban J connectivity index is 1.40. The number of likely N-dealkylation sites (tertiary alicyclic amines) is 1. The zero-order chi connectivity index (χ0) is 16.4. The van der Waals surface area contributed by atoms with E-state index in [-0.39, 0.29) is 11.3 Å². The van der Waals surface area contributed by atoms with Crippen LogP contribution in [-0.2, 0) is 11.3 Å². The summed E-state index contributed by atoms with van der Waals surface area (Å²) in [6, 6.07) is 11.4. The summed E-state index contributed by atoms with van der Waals surface area (Å²) in [6.07, 6.45) is 3.51. The molecular weight excluding hydrogens is 304 g/mol. The van der Waals surface area contributed by atoms with Crippen molar-refractivity contribution in [1.82, 2.24) is 10.2 Å². The van der Waals surface area contributed by atoms with E-state index in [4.69, 9.17) is 9.15 Å². The van der Waals surface area contributed by atoms with Gasteiger partial charge in [0.1, 0.15) is 0 Å². The Kier molecular flexibility index (Phi) is 4.12. The van der Waals surface area contributed by atoms with Gasteiger partial charge in [0.25, 0.3) is 5.91 Å². The number of rotatable bonds is 5. The first-order valence-corrected chi connectivity index (χ1v) is 8.40. The second kappa shape index (κ2) is 6.42. The van der Waals surface area contributed by atoms with E-state index in [1.807, 2.05) is 36.4 Å². The fourth-order valence-corrected chi connectivity index (χ4v) is 3.90. The Labute approximate surface area is 141 Å². The lowest BCUT2D eigenvalue weighted by molar-refractivity contribution is 0.0904. The molecule has 2 fully saturated rings. The zero-order valence-electron chi connectivity index (χ0n) is 13.6. The standard InChI is InChI=1S/C19H22N2O3/c22-18(16-4-2-1-3-5-16)20-12-19-13-21(8-15-6-7-23-10-15)9-17(19)11-24-14-19/h1-7,10,17H,8-9,11-14H2,(H,20,22)/t17-,19+/m0/s1. The Hall–Kier alpha value is -2.11. The summed E-state index contributed by atoms with van der Waals surface area (Å²) in [4.78, 5) is 14.8. The summed E-state index contributed by atoms with van der Waals surface area (Å²) >= 11 is 0. The molecule has 1 N–H and O–H groups in total. The summed E-state index contributed by atoms with van der Waals surface area (Å²) in [6.45, 7) is 5.00. The molecule has 3 heterocycles. The van der Waals surface area contributed by atoms with Gasteiger partial charge in [0.05, 0.1) is 25.7 Å². The molecule has 0 aliphatic carbocycles. The van der Waals surface area contributed by atoms with Crippen LogP contribution in [0.5, 0.6) is 0 Å². The Bertz CT molecular complexity index is 686. The largest absolute Gasteiger partial charge is 0.472 e. The Morgan fingerprint density at radius 2 is 2.17 bits per heavy atom. The second-order valence-corrected chi connectivity index (χ2v) is 6.92. The van der Waals surface area contributed by atoms with Crippen LogP contribution >= 0.6 is 0 Å². The molecule has 1 aromatic heterocycles. The maximum absolute atomic E-state index is 12.3. The highest BCUT2D eigenvalue weighted by atomic mass is 16.5. The normalized spacial score (nSPS) is 26.4. The monoisotopic (exact) mass is 326 g/mol. The number of nitrogens with zero attached hydrogens (tertiary/aromatic N) is 1. The van der Waals surface area contributed by atoms with Gasteiger partial charge in [-0.05, 0) is 18.2 Å². The second-order valence-electron chi connectivity index (χ2n) is 6.92. The number of fused-ring (bicyclic) bond motifs is 1. The molecule has 0 unspecified atom stereocenters. The minimum absolute atomic E-state index is 0.0103. The number of nitrogens with one attached hydrogen (secondary N) is 1. The summed E-state index contributed by atoms with van der Waals surface area (Å²) in [5.74, 6) is 0.462. The van der Waals surface area contributed by atoms with Gasteiger partial charge in [0.15, 0.2) is 0 Å². The Morgan fingerprint density at radius 1 is 1.29 bits per heavy atom. The Morgan fingerprint density at radius 3 is 2.96 bits per heavy atom. The van der Waals surface area contributed by atoms with E-state index in [1.165, 1.54) is 5.56 Å². The third-order valence-electron chi connectivity index (χ3n) is 5.21. The molecule has 2 aliphatic rings. The third-order valence-corrected chi connectivity index (χ3v) is 5.21. The van der Waals surface area contributed by atoms with Crippen LogP contribution in [0.4, 0.5) is 0 Å². The maximum atomic E-state index is 12.3. The molecule has 126 valence electrons. The number of hydrogen-bond acceptors (Lipinski definition) is 4. The average Bonchev–Trinajstić information content (AvgIpc) is 3.30. The quantitative estimate of drug-likeness (QED) is 0.915. The van der Waals surface area contributed by atoms with Crippen LogP contribution in [-0.4, -0.2) is 43.7 Å². The fourth-order valence-electron chi connectivity index (χ4n) is 3.90. The summed E-state index contributed by atoms with van der Waals surface area (Å²) in [5, 5.41) is 3.12. The summed E-state index contributed by atoms with van der Waals surface area (Å²) < 4.78 is 10.9. The molecule has 2 saturated heterocycles. The minimum Gasteiger partial charge on any atom is -0.472 e. The van der Waals surface area contributed by atoms with E-state index in [1.54, 1.807) is 12.5 Å². The first kappa shape index (κ1) is 15.4. The number of ether oxygens (including phenoxy) is 1. The molecular formula is C19H22N2O3. The van der Waals surface area contributed by atoms with E-state index in [9.17, 15) is 4.79 Å². The van der Waals surface area contributed by atoms with Crippen LogP contribution in [0.25, 0.3) is 0 Å². The number of furan rings is 1. The molecule has 2 aromatic rings. The van der Waals surface area contributed by atoms with Crippen LogP contribution in [0.3, 0.4) is 0 Å². The van der Waals surface area contributed by atoms with Crippen LogP contribution in [0.15, 0.2) is 53.3 Å². The van der Waals surface area contributed by atoms with Crippen molar-refractivity contribution >= 4 is 5.91 Å². The van der Waals surface area contributed by atoms with E-state index in [0.717, 1.165) is 26.2 Å². The highest BCUT2D eigenvalue weighted by Gasteiger charge is 2.50. The van der Waals surface area contributed by atoms with Gasteiger partial charge in [-0.3, -0.25) is 9.69 Å². The van der Waals surface area contributed by atoms with Crippen molar-refractivity contribution in [2.24, 2.45) is 11.3 Å². The van der Waals surface area contributed by atoms with E-state index < -0.39 is 0 Å². The average molecular weight is 326 g/mol. The molecule has 2 aliphatic heterocycles. The molecule has 1 amide bonds. The SMILES string of the molecule is O=C(NC[C@@]12COC[C@@H]1CN(Cc1ccoc1)C2)c1ccccc1. The van der Waals surface area contributed by atoms with Crippen molar-refractivity contribution in [2.75, 3.05) is 32.8 Å². The topological polar surface area (TPSA) is 54.7 Å². The molecule has 5 nitrogen and oxygen atoms in total. The van der Waals surface area contributed by atoms with Crippen molar-refractivity contribution in [2.45, 2.75) is 6.54 Å². The van der Waals surface area contributed by atoms with Gasteiger partial charge in [-0.1, -0.05) is 18.2 Å². The van der Waals surface area contributed by atoms with E-state index >= 15 is 0 Å². The molecule has 1 aromatic carbocycles. The first-order chi connectivity index (χ1) is 11.8. The number of carbonyl (C=O) groups is 1. The van der Waals surface area contributed by atoms with Crippen LogP contribution in [0.2, 0.25) is 0 Å². The molecule has 0 bridgehead atoms. The predicted octanol–water partition coefficient (Wildman–Crippen LogP) is 2.16. The highest BCUT2D eigenvalue weighted by molar-refractivity contribution is 5.94. The van der Waals surface area contributed by atoms with Gasteiger partial charge in [0, 0.05) is 48.6 Å². The number of carbonyl (C=O) groups excluding carboxylic acids is 1. The van der Waals surface area contributed by atoms with E-state index in [0.29, 0.717) is 24.6 Å². The van der Waals surface area contributed by atoms with Crippen molar-refractivity contribution in [3.8, 4) is 0 Å². The van der Waals surface area contributed by atoms with E-state index in [2.05, 4.69) is 10.2 Å². The molecule has 2 atom stereocenters. The van der Waals surface area contributed by atoms with Crippen molar-refractivity contribution < 1.29 is 13.9 Å². The lowest BCUT2D eigenvalue weighted by Gasteiger charge is -2.27. The van der Waals surface area contributed by atoms with Crippen LogP contribution in [0.1, 0.15) is 15.9 Å². The zero-order valence-corrected chi connectivity index (χ0v) is 13.6. The lowest BCUT2D eigenvalue weighted by Crippen LogP contribution is -2.43. The smallest absolute Gasteiger partial charge is 0.251 e. The third kappa shape index (κ3) is 2.97. The van der Waals surface area contributed by atoms with Crippen molar-refractivity contribution in [1.29, 1.82) is 0 Å². The number of amides is 1.